The van der Waals surface area contributed by atoms with Crippen LogP contribution in [0.3, 0.4) is 0 Å². The maximum atomic E-state index is 14.0. The second-order valence-electron chi connectivity index (χ2n) is 15.4. The zero-order valence-corrected chi connectivity index (χ0v) is 34.1. The van der Waals surface area contributed by atoms with E-state index in [4.69, 9.17) is 10.8 Å². The maximum absolute atomic E-state index is 14.0. The first kappa shape index (κ1) is 42.0. The van der Waals surface area contributed by atoms with Crippen LogP contribution in [0.5, 0.6) is 0 Å². The summed E-state index contributed by atoms with van der Waals surface area (Å²) in [7, 11) is 0. The fraction of sp³-hybridized carbons (Fsp3) is 0.154. The lowest BCUT2D eigenvalue weighted by Gasteiger charge is -2.35. The monoisotopic (exact) mass is 815 g/mol. The molecular formula is C52H48F3N5O. The molecule has 0 aliphatic carbocycles. The van der Waals surface area contributed by atoms with E-state index in [1.54, 1.807) is 0 Å². The third-order valence-electron chi connectivity index (χ3n) is 10.6. The summed E-state index contributed by atoms with van der Waals surface area (Å²) in [5.41, 5.74) is 15.9. The number of amides is 1. The molecule has 7 rings (SSSR count). The summed E-state index contributed by atoms with van der Waals surface area (Å²) < 4.78 is 42.0. The Morgan fingerprint density at radius 3 is 1.77 bits per heavy atom. The molecule has 4 N–H and O–H groups in total. The van der Waals surface area contributed by atoms with Crippen molar-refractivity contribution in [2.24, 2.45) is 16.8 Å². The molecule has 0 saturated heterocycles. The number of benzene rings is 7. The van der Waals surface area contributed by atoms with E-state index in [-0.39, 0.29) is 17.3 Å². The summed E-state index contributed by atoms with van der Waals surface area (Å²) in [4.78, 5) is 16.0. The minimum absolute atomic E-state index is 0.104. The van der Waals surface area contributed by atoms with Gasteiger partial charge in [0.15, 0.2) is 5.84 Å². The van der Waals surface area contributed by atoms with Gasteiger partial charge in [0.2, 0.25) is 5.91 Å². The van der Waals surface area contributed by atoms with Gasteiger partial charge in [0.05, 0.1) is 23.4 Å². The molecule has 0 heterocycles. The molecule has 7 aromatic rings. The Hall–Kier alpha value is -7.13. The van der Waals surface area contributed by atoms with Crippen LogP contribution in [0.2, 0.25) is 0 Å². The van der Waals surface area contributed by atoms with E-state index in [0.717, 1.165) is 45.1 Å². The molecule has 0 aliphatic heterocycles. The van der Waals surface area contributed by atoms with Gasteiger partial charge in [-0.3, -0.25) is 10.2 Å². The summed E-state index contributed by atoms with van der Waals surface area (Å²) in [6, 6.07) is 58.9. The van der Waals surface area contributed by atoms with E-state index < -0.39 is 29.6 Å². The molecule has 0 unspecified atom stereocenters. The van der Waals surface area contributed by atoms with Crippen molar-refractivity contribution in [2.75, 3.05) is 16.8 Å². The van der Waals surface area contributed by atoms with Crippen molar-refractivity contribution in [3.05, 3.63) is 227 Å². The molecule has 0 bridgehead atoms. The van der Waals surface area contributed by atoms with Gasteiger partial charge in [-0.2, -0.15) is 18.3 Å². The van der Waals surface area contributed by atoms with Crippen LogP contribution in [-0.4, -0.2) is 18.3 Å². The molecule has 0 atom stereocenters. The number of alkyl halides is 3. The van der Waals surface area contributed by atoms with Crippen LogP contribution in [0, 0.1) is 5.92 Å². The van der Waals surface area contributed by atoms with Crippen molar-refractivity contribution < 1.29 is 18.0 Å². The standard InChI is InChI=1S/C52H48F3N5O/c1-37(2)35-60(36-38-19-7-3-8-20-38)48-32-31-39(33-47(48)57-49(61)34-40-21-15-18-30-46(40)52(53,54)55)44-28-16-17-29-45(44)50(56)58-59-51(41-22-9-4-10-23-41,42-24-11-5-12-25-42)43-26-13-6-14-27-43/h3-33,37,59H,34-36H2,1-2H3,(H2,56,58)(H,57,61). The van der Waals surface area contributed by atoms with E-state index in [1.807, 2.05) is 127 Å². The molecule has 6 nitrogen and oxygen atoms in total. The van der Waals surface area contributed by atoms with E-state index in [0.29, 0.717) is 24.3 Å². The number of hydrazone groups is 1. The van der Waals surface area contributed by atoms with Crippen molar-refractivity contribution in [3.8, 4) is 11.1 Å². The van der Waals surface area contributed by atoms with Crippen molar-refractivity contribution in [3.63, 3.8) is 0 Å². The predicted octanol–water partition coefficient (Wildman–Crippen LogP) is 11.4. The Bertz CT molecular complexity index is 2470. The van der Waals surface area contributed by atoms with Crippen molar-refractivity contribution in [1.29, 1.82) is 0 Å². The van der Waals surface area contributed by atoms with Gasteiger partial charge in [-0.1, -0.05) is 184 Å². The molecule has 0 aromatic heterocycles. The van der Waals surface area contributed by atoms with Crippen molar-refractivity contribution in [1.82, 2.24) is 5.43 Å². The van der Waals surface area contributed by atoms with Crippen LogP contribution in [0.4, 0.5) is 24.5 Å². The number of halogens is 3. The topological polar surface area (TPSA) is 82.8 Å². The fourth-order valence-electron chi connectivity index (χ4n) is 7.81. The average molecular weight is 816 g/mol. The van der Waals surface area contributed by atoms with Gasteiger partial charge in [0.25, 0.3) is 0 Å². The Kier molecular flexibility index (Phi) is 13.0. The Balaban J connectivity index is 1.31. The van der Waals surface area contributed by atoms with Crippen LogP contribution in [-0.2, 0) is 29.5 Å². The van der Waals surface area contributed by atoms with Crippen LogP contribution in [0.1, 0.15) is 52.8 Å². The van der Waals surface area contributed by atoms with Gasteiger partial charge >= 0.3 is 6.18 Å². The lowest BCUT2D eigenvalue weighted by atomic mass is 9.77. The molecular weight excluding hydrogens is 768 g/mol. The minimum atomic E-state index is -4.60. The molecule has 1 amide bonds. The first-order chi connectivity index (χ1) is 29.5. The summed E-state index contributed by atoms with van der Waals surface area (Å²) in [5, 5.41) is 7.94. The zero-order chi connectivity index (χ0) is 42.8. The zero-order valence-electron chi connectivity index (χ0n) is 34.1. The lowest BCUT2D eigenvalue weighted by molar-refractivity contribution is -0.138. The summed E-state index contributed by atoms with van der Waals surface area (Å²) in [5.74, 6) is -0.0896. The van der Waals surface area contributed by atoms with Crippen LogP contribution >= 0.6 is 0 Å². The highest BCUT2D eigenvalue weighted by Gasteiger charge is 2.37. The highest BCUT2D eigenvalue weighted by atomic mass is 19.4. The smallest absolute Gasteiger partial charge is 0.382 e. The van der Waals surface area contributed by atoms with E-state index in [1.165, 1.54) is 18.2 Å². The Labute approximate surface area is 355 Å². The van der Waals surface area contributed by atoms with Gasteiger partial charge < -0.3 is 16.0 Å². The largest absolute Gasteiger partial charge is 0.416 e. The predicted molar refractivity (Wildman–Crippen MR) is 241 cm³/mol. The minimum Gasteiger partial charge on any atom is -0.382 e. The van der Waals surface area contributed by atoms with Gasteiger partial charge in [0.1, 0.15) is 5.54 Å². The third-order valence-corrected chi connectivity index (χ3v) is 10.6. The maximum Gasteiger partial charge on any atom is 0.416 e. The molecule has 0 radical (unpaired) electrons. The van der Waals surface area contributed by atoms with Crippen molar-refractivity contribution in [2.45, 2.75) is 38.5 Å². The molecule has 0 aliphatic rings. The summed E-state index contributed by atoms with van der Waals surface area (Å²) in [6.45, 7) is 5.44. The van der Waals surface area contributed by atoms with Gasteiger partial charge in [-0.05, 0) is 63.1 Å². The Morgan fingerprint density at radius 1 is 0.672 bits per heavy atom. The summed E-state index contributed by atoms with van der Waals surface area (Å²) >= 11 is 0. The number of nitrogens with two attached hydrogens (primary N) is 1. The number of carbonyl (C=O) groups excluding carboxylic acids is 1. The van der Waals surface area contributed by atoms with Gasteiger partial charge in [-0.15, -0.1) is 0 Å². The number of nitrogens with zero attached hydrogens (tertiary/aromatic N) is 2. The molecule has 7 aromatic carbocycles. The molecule has 61 heavy (non-hydrogen) atoms. The number of hydrogen-bond donors (Lipinski definition) is 3. The second kappa shape index (κ2) is 18.8. The number of amidine groups is 1. The normalized spacial score (nSPS) is 11.9. The van der Waals surface area contributed by atoms with Gasteiger partial charge in [-0.25, -0.2) is 0 Å². The van der Waals surface area contributed by atoms with Crippen LogP contribution in [0.15, 0.2) is 193 Å². The number of anilines is 2. The quantitative estimate of drug-likeness (QED) is 0.0417. The second-order valence-corrected chi connectivity index (χ2v) is 15.4. The number of carbonyl (C=O) groups is 1. The van der Waals surface area contributed by atoms with Crippen molar-refractivity contribution >= 4 is 23.1 Å². The molecule has 308 valence electrons. The SMILES string of the molecule is CC(C)CN(Cc1ccccc1)c1ccc(-c2ccccc2/C(N)=N/NC(c2ccccc2)(c2ccccc2)c2ccccc2)cc1NC(=O)Cc1ccccc1C(F)(F)F. The molecule has 0 spiro atoms. The van der Waals surface area contributed by atoms with Crippen LogP contribution < -0.4 is 21.4 Å². The number of hydrogen-bond acceptors (Lipinski definition) is 4. The highest BCUT2D eigenvalue weighted by Crippen LogP contribution is 2.38. The van der Waals surface area contributed by atoms with E-state index >= 15 is 0 Å². The third kappa shape index (κ3) is 9.85. The molecule has 9 heteroatoms. The highest BCUT2D eigenvalue weighted by molar-refractivity contribution is 6.04. The lowest BCUT2D eigenvalue weighted by Crippen LogP contribution is -2.43. The Morgan fingerprint density at radius 2 is 1.20 bits per heavy atom. The average Bonchev–Trinajstić information content (AvgIpc) is 3.27. The molecule has 0 fully saturated rings. The number of rotatable bonds is 15. The van der Waals surface area contributed by atoms with E-state index in [9.17, 15) is 18.0 Å². The van der Waals surface area contributed by atoms with Crippen LogP contribution in [0.25, 0.3) is 11.1 Å². The first-order valence-electron chi connectivity index (χ1n) is 20.3. The molecule has 0 saturated carbocycles. The fourth-order valence-corrected chi connectivity index (χ4v) is 7.81. The summed E-state index contributed by atoms with van der Waals surface area (Å²) in [6.07, 6.45) is -5.06. The first-order valence-corrected chi connectivity index (χ1v) is 20.3. The van der Waals surface area contributed by atoms with E-state index in [2.05, 4.69) is 65.9 Å². The number of nitrogens with one attached hydrogen (secondary N) is 2. The van der Waals surface area contributed by atoms with Gasteiger partial charge in [0, 0.05) is 18.7 Å².